The van der Waals surface area contributed by atoms with Crippen molar-refractivity contribution >= 4 is 5.91 Å². The molecule has 0 aromatic carbocycles. The molecule has 0 aliphatic carbocycles. The Morgan fingerprint density at radius 1 is 1.11 bits per heavy atom. The van der Waals surface area contributed by atoms with E-state index in [1.165, 1.54) is 32.1 Å². The molecule has 1 amide bonds. The summed E-state index contributed by atoms with van der Waals surface area (Å²) in [4.78, 5) is 16.7. The summed E-state index contributed by atoms with van der Waals surface area (Å²) in [6, 6.07) is 0.313. The summed E-state index contributed by atoms with van der Waals surface area (Å²) in [7, 11) is 0. The Hall–Kier alpha value is -0.610. The maximum Gasteiger partial charge on any atom is 0.236 e. The highest BCUT2D eigenvalue weighted by Crippen LogP contribution is 2.16. The van der Waals surface area contributed by atoms with Gasteiger partial charge in [0.25, 0.3) is 0 Å². The first-order valence-electron chi connectivity index (χ1n) is 7.92. The predicted octanol–water partition coefficient (Wildman–Crippen LogP) is 1.45. The fourth-order valence-corrected chi connectivity index (χ4v) is 3.18. The first-order valence-corrected chi connectivity index (χ1v) is 7.92. The molecule has 2 aliphatic heterocycles. The molecule has 0 spiro atoms. The van der Waals surface area contributed by atoms with Crippen molar-refractivity contribution in [1.82, 2.24) is 9.80 Å². The summed E-state index contributed by atoms with van der Waals surface area (Å²) >= 11 is 0. The van der Waals surface area contributed by atoms with Crippen LogP contribution in [0.4, 0.5) is 0 Å². The molecule has 4 nitrogen and oxygen atoms in total. The monoisotopic (exact) mass is 267 g/mol. The second-order valence-electron chi connectivity index (χ2n) is 6.31. The zero-order valence-corrected chi connectivity index (χ0v) is 12.3. The topological polar surface area (TPSA) is 49.6 Å². The molecule has 2 saturated heterocycles. The van der Waals surface area contributed by atoms with E-state index in [1.807, 2.05) is 0 Å². The Bertz CT molecular complexity index is 287. The molecule has 2 rings (SSSR count). The highest BCUT2D eigenvalue weighted by molar-refractivity contribution is 5.78. The number of likely N-dealkylation sites (tertiary alicyclic amines) is 2. The van der Waals surface area contributed by atoms with Gasteiger partial charge in [-0.15, -0.1) is 0 Å². The van der Waals surface area contributed by atoms with E-state index < -0.39 is 0 Å². The van der Waals surface area contributed by atoms with Crippen LogP contribution in [0.3, 0.4) is 0 Å². The van der Waals surface area contributed by atoms with Crippen LogP contribution in [0.2, 0.25) is 0 Å². The van der Waals surface area contributed by atoms with Crippen LogP contribution in [0.1, 0.15) is 45.4 Å². The highest BCUT2D eigenvalue weighted by Gasteiger charge is 2.25. The SMILES string of the molecule is CC1CN(CC(=O)N2CCCCCCC2)CCC1N. The fraction of sp³-hybridized carbons (Fsp3) is 0.933. The maximum absolute atomic E-state index is 12.4. The van der Waals surface area contributed by atoms with Gasteiger partial charge in [0.2, 0.25) is 5.91 Å². The summed E-state index contributed by atoms with van der Waals surface area (Å²) in [6.07, 6.45) is 7.26. The van der Waals surface area contributed by atoms with E-state index in [9.17, 15) is 4.79 Å². The lowest BCUT2D eigenvalue weighted by Crippen LogP contribution is -2.49. The summed E-state index contributed by atoms with van der Waals surface area (Å²) < 4.78 is 0. The number of hydrogen-bond donors (Lipinski definition) is 1. The molecule has 2 N–H and O–H groups in total. The van der Waals surface area contributed by atoms with Crippen molar-refractivity contribution in [2.24, 2.45) is 11.7 Å². The van der Waals surface area contributed by atoms with Gasteiger partial charge in [-0.25, -0.2) is 0 Å². The van der Waals surface area contributed by atoms with E-state index >= 15 is 0 Å². The van der Waals surface area contributed by atoms with Crippen LogP contribution in [-0.4, -0.2) is 54.5 Å². The summed E-state index contributed by atoms with van der Waals surface area (Å²) in [5.41, 5.74) is 6.03. The number of rotatable bonds is 2. The predicted molar refractivity (Wildman–Crippen MR) is 77.9 cm³/mol. The second-order valence-corrected chi connectivity index (χ2v) is 6.31. The van der Waals surface area contributed by atoms with E-state index in [0.717, 1.165) is 32.6 Å². The third kappa shape index (κ3) is 4.46. The largest absolute Gasteiger partial charge is 0.342 e. The first-order chi connectivity index (χ1) is 9.16. The minimum atomic E-state index is 0.313. The quantitative estimate of drug-likeness (QED) is 0.824. The van der Waals surface area contributed by atoms with Crippen LogP contribution in [0.5, 0.6) is 0 Å². The van der Waals surface area contributed by atoms with Crippen molar-refractivity contribution in [3.8, 4) is 0 Å². The summed E-state index contributed by atoms with van der Waals surface area (Å²) in [5, 5.41) is 0. The maximum atomic E-state index is 12.4. The summed E-state index contributed by atoms with van der Waals surface area (Å²) in [6.45, 7) is 6.66. The lowest BCUT2D eigenvalue weighted by molar-refractivity contribution is -0.133. The fourth-order valence-electron chi connectivity index (χ4n) is 3.18. The molecular formula is C15H29N3O. The van der Waals surface area contributed by atoms with Gasteiger partial charge in [-0.3, -0.25) is 9.69 Å². The van der Waals surface area contributed by atoms with Gasteiger partial charge in [-0.2, -0.15) is 0 Å². The number of piperidine rings is 1. The lowest BCUT2D eigenvalue weighted by atomic mass is 9.95. The first kappa shape index (κ1) is 14.8. The van der Waals surface area contributed by atoms with Crippen LogP contribution in [-0.2, 0) is 4.79 Å². The van der Waals surface area contributed by atoms with Gasteiger partial charge < -0.3 is 10.6 Å². The Kier molecular flexibility index (Phi) is 5.64. The second kappa shape index (κ2) is 7.25. The molecule has 0 radical (unpaired) electrons. The third-order valence-electron chi connectivity index (χ3n) is 4.62. The lowest BCUT2D eigenvalue weighted by Gasteiger charge is -2.36. The molecule has 2 atom stereocenters. The zero-order chi connectivity index (χ0) is 13.7. The van der Waals surface area contributed by atoms with Gasteiger partial charge in [0.05, 0.1) is 6.54 Å². The number of nitrogens with two attached hydrogens (primary N) is 1. The van der Waals surface area contributed by atoms with Crippen LogP contribution >= 0.6 is 0 Å². The van der Waals surface area contributed by atoms with Crippen LogP contribution < -0.4 is 5.73 Å². The molecular weight excluding hydrogens is 238 g/mol. The molecule has 0 bridgehead atoms. The molecule has 2 fully saturated rings. The van der Waals surface area contributed by atoms with Gasteiger partial charge >= 0.3 is 0 Å². The number of hydrogen-bond acceptors (Lipinski definition) is 3. The molecule has 2 aliphatic rings. The Morgan fingerprint density at radius 2 is 1.74 bits per heavy atom. The van der Waals surface area contributed by atoms with E-state index in [1.54, 1.807) is 0 Å². The highest BCUT2D eigenvalue weighted by atomic mass is 16.2. The normalized spacial score (nSPS) is 30.7. The molecule has 110 valence electrons. The Labute approximate surface area is 117 Å². The third-order valence-corrected chi connectivity index (χ3v) is 4.62. The molecule has 0 saturated carbocycles. The summed E-state index contributed by atoms with van der Waals surface area (Å²) in [5.74, 6) is 0.832. The van der Waals surface area contributed by atoms with Gasteiger partial charge in [0.1, 0.15) is 0 Å². The van der Waals surface area contributed by atoms with E-state index in [2.05, 4.69) is 16.7 Å². The van der Waals surface area contributed by atoms with Crippen molar-refractivity contribution in [3.05, 3.63) is 0 Å². The van der Waals surface area contributed by atoms with Crippen molar-refractivity contribution in [3.63, 3.8) is 0 Å². The van der Waals surface area contributed by atoms with Gasteiger partial charge in [-0.1, -0.05) is 26.2 Å². The van der Waals surface area contributed by atoms with E-state index in [-0.39, 0.29) is 0 Å². The molecule has 0 aromatic rings. The van der Waals surface area contributed by atoms with Crippen molar-refractivity contribution in [2.75, 3.05) is 32.7 Å². The molecule has 0 aromatic heterocycles. The average molecular weight is 267 g/mol. The smallest absolute Gasteiger partial charge is 0.236 e. The standard InChI is InChI=1S/C15H29N3O/c1-13-11-17(10-7-14(13)16)12-15(19)18-8-5-3-2-4-6-9-18/h13-14H,2-12,16H2,1H3. The van der Waals surface area contributed by atoms with E-state index in [0.29, 0.717) is 24.4 Å². The Morgan fingerprint density at radius 3 is 2.37 bits per heavy atom. The molecule has 4 heteroatoms. The van der Waals surface area contributed by atoms with Crippen molar-refractivity contribution < 1.29 is 4.79 Å². The van der Waals surface area contributed by atoms with E-state index in [4.69, 9.17) is 5.73 Å². The average Bonchev–Trinajstić information content (AvgIpc) is 2.33. The minimum Gasteiger partial charge on any atom is -0.342 e. The van der Waals surface area contributed by atoms with Gasteiger partial charge in [0, 0.05) is 32.2 Å². The zero-order valence-electron chi connectivity index (χ0n) is 12.3. The molecule has 2 heterocycles. The van der Waals surface area contributed by atoms with Crippen molar-refractivity contribution in [1.29, 1.82) is 0 Å². The number of amides is 1. The Balaban J connectivity index is 1.79. The van der Waals surface area contributed by atoms with Crippen LogP contribution in [0, 0.1) is 5.92 Å². The van der Waals surface area contributed by atoms with Crippen LogP contribution in [0.15, 0.2) is 0 Å². The molecule has 19 heavy (non-hydrogen) atoms. The van der Waals surface area contributed by atoms with Crippen molar-refractivity contribution in [2.45, 2.75) is 51.5 Å². The van der Waals surface area contributed by atoms with Gasteiger partial charge in [0.15, 0.2) is 0 Å². The number of carbonyl (C=O) groups is 1. The van der Waals surface area contributed by atoms with Crippen LogP contribution in [0.25, 0.3) is 0 Å². The number of nitrogens with zero attached hydrogens (tertiary/aromatic N) is 2. The van der Waals surface area contributed by atoms with Gasteiger partial charge in [-0.05, 0) is 25.2 Å². The number of carbonyl (C=O) groups excluding carboxylic acids is 1. The molecule has 2 unspecified atom stereocenters. The minimum absolute atomic E-state index is 0.313.